The minimum atomic E-state index is -4.19. The molecule has 0 spiro atoms. The number of anilines is 2. The van der Waals surface area contributed by atoms with Crippen molar-refractivity contribution in [1.29, 1.82) is 0 Å². The predicted molar refractivity (Wildman–Crippen MR) is 101 cm³/mol. The van der Waals surface area contributed by atoms with Crippen LogP contribution in [0.25, 0.3) is 5.70 Å². The molecule has 1 N–H and O–H groups in total. The number of nitrogens with zero attached hydrogens (tertiary/aromatic N) is 1. The Morgan fingerprint density at radius 1 is 0.852 bits per heavy atom. The fourth-order valence-corrected chi connectivity index (χ4v) is 7.26. The minimum Gasteiger partial charge on any atom is -0.463 e. The topological polar surface area (TPSA) is 96.7 Å². The van der Waals surface area contributed by atoms with Crippen LogP contribution in [0.15, 0.2) is 87.7 Å². The van der Waals surface area contributed by atoms with Gasteiger partial charge in [0.1, 0.15) is 15.6 Å². The molecule has 0 aliphatic carbocycles. The number of fused-ring (bicyclic) bond motifs is 1. The molecule has 0 saturated carbocycles. The Bertz CT molecular complexity index is 1180. The third-order valence-electron chi connectivity index (χ3n) is 4.03. The van der Waals surface area contributed by atoms with Crippen molar-refractivity contribution < 1.29 is 21.3 Å². The van der Waals surface area contributed by atoms with Gasteiger partial charge in [0, 0.05) is 5.69 Å². The zero-order valence-corrected chi connectivity index (χ0v) is 15.5. The zero-order valence-electron chi connectivity index (χ0n) is 13.9. The SMILES string of the molecule is C=C(Nc1ccc(N2S(=O)(=O)c3ccccc3S2(=O)=O)cc1)c1ccco1. The molecule has 0 saturated heterocycles. The molecule has 138 valence electrons. The van der Waals surface area contributed by atoms with Crippen LogP contribution in [0.4, 0.5) is 11.4 Å². The molecule has 0 atom stereocenters. The van der Waals surface area contributed by atoms with Gasteiger partial charge >= 0.3 is 0 Å². The normalized spacial score (nSPS) is 16.7. The lowest BCUT2D eigenvalue weighted by atomic mass is 10.2. The minimum absolute atomic E-state index is 0.0281. The van der Waals surface area contributed by atoms with Gasteiger partial charge in [0.25, 0.3) is 20.0 Å². The lowest BCUT2D eigenvalue weighted by Crippen LogP contribution is -2.29. The maximum Gasteiger partial charge on any atom is 0.279 e. The number of rotatable bonds is 4. The third-order valence-corrected chi connectivity index (χ3v) is 8.46. The van der Waals surface area contributed by atoms with Crippen molar-refractivity contribution >= 4 is 37.1 Å². The van der Waals surface area contributed by atoms with Crippen molar-refractivity contribution in [3.63, 3.8) is 0 Å². The second kappa shape index (κ2) is 6.00. The molecular weight excluding hydrogens is 388 g/mol. The van der Waals surface area contributed by atoms with Gasteiger partial charge in [-0.25, -0.2) is 0 Å². The van der Waals surface area contributed by atoms with E-state index >= 15 is 0 Å². The summed E-state index contributed by atoms with van der Waals surface area (Å²) in [6.07, 6.45) is 1.52. The Hall–Kier alpha value is -3.04. The molecule has 1 aliphatic rings. The van der Waals surface area contributed by atoms with E-state index in [0.29, 0.717) is 20.9 Å². The Kier molecular flexibility index (Phi) is 3.86. The summed E-state index contributed by atoms with van der Waals surface area (Å²) in [5.41, 5.74) is 1.15. The Balaban J connectivity index is 1.68. The zero-order chi connectivity index (χ0) is 19.2. The van der Waals surface area contributed by atoms with E-state index in [9.17, 15) is 16.8 Å². The summed E-state index contributed by atoms with van der Waals surface area (Å²) in [4.78, 5) is -0.447. The average molecular weight is 402 g/mol. The van der Waals surface area contributed by atoms with Gasteiger partial charge in [-0.2, -0.15) is 20.5 Å². The molecule has 0 radical (unpaired) electrons. The molecule has 0 fully saturated rings. The molecule has 4 rings (SSSR count). The van der Waals surface area contributed by atoms with E-state index in [0.717, 1.165) is 0 Å². The molecule has 2 aromatic carbocycles. The quantitative estimate of drug-likeness (QED) is 0.719. The molecule has 2 heterocycles. The monoisotopic (exact) mass is 402 g/mol. The first-order valence-corrected chi connectivity index (χ1v) is 10.7. The van der Waals surface area contributed by atoms with E-state index < -0.39 is 20.0 Å². The van der Waals surface area contributed by atoms with E-state index in [-0.39, 0.29) is 15.5 Å². The van der Waals surface area contributed by atoms with Crippen molar-refractivity contribution in [1.82, 2.24) is 0 Å². The van der Waals surface area contributed by atoms with Crippen LogP contribution in [-0.2, 0) is 20.0 Å². The second-order valence-corrected chi connectivity index (χ2v) is 9.52. The molecule has 1 aromatic heterocycles. The Labute approximate surface area is 156 Å². The lowest BCUT2D eigenvalue weighted by Gasteiger charge is -2.16. The van der Waals surface area contributed by atoms with Crippen LogP contribution in [-0.4, -0.2) is 16.8 Å². The van der Waals surface area contributed by atoms with Gasteiger partial charge < -0.3 is 9.73 Å². The summed E-state index contributed by atoms with van der Waals surface area (Å²) >= 11 is 0. The van der Waals surface area contributed by atoms with Gasteiger partial charge in [0.15, 0.2) is 0 Å². The lowest BCUT2D eigenvalue weighted by molar-refractivity contribution is 0.553. The number of hydrogen-bond donors (Lipinski definition) is 1. The van der Waals surface area contributed by atoms with E-state index in [1.165, 1.54) is 42.7 Å². The van der Waals surface area contributed by atoms with Gasteiger partial charge in [-0.1, -0.05) is 18.7 Å². The number of nitrogens with one attached hydrogen (secondary N) is 1. The average Bonchev–Trinajstić information content (AvgIpc) is 3.22. The summed E-state index contributed by atoms with van der Waals surface area (Å²) in [6, 6.07) is 15.0. The molecular formula is C18H14N2O5S2. The highest BCUT2D eigenvalue weighted by molar-refractivity contribution is 8.12. The summed E-state index contributed by atoms with van der Waals surface area (Å²) in [5, 5.41) is 3.02. The summed E-state index contributed by atoms with van der Waals surface area (Å²) in [6.45, 7) is 3.86. The van der Waals surface area contributed by atoms with Gasteiger partial charge in [-0.3, -0.25) is 0 Å². The van der Waals surface area contributed by atoms with Crippen molar-refractivity contribution in [2.75, 3.05) is 9.03 Å². The van der Waals surface area contributed by atoms with Crippen LogP contribution >= 0.6 is 0 Å². The smallest absolute Gasteiger partial charge is 0.279 e. The van der Waals surface area contributed by atoms with Crippen LogP contribution < -0.4 is 9.03 Å². The molecule has 1 aliphatic heterocycles. The molecule has 3 aromatic rings. The summed E-state index contributed by atoms with van der Waals surface area (Å²) in [5.74, 6) is 0.555. The van der Waals surface area contributed by atoms with Gasteiger partial charge in [-0.15, -0.1) is 0 Å². The van der Waals surface area contributed by atoms with Crippen molar-refractivity contribution in [2.24, 2.45) is 0 Å². The first-order chi connectivity index (χ1) is 12.8. The maximum absolute atomic E-state index is 12.7. The number of hydrogen-bond acceptors (Lipinski definition) is 6. The van der Waals surface area contributed by atoms with Gasteiger partial charge in [-0.05, 0) is 48.5 Å². The largest absolute Gasteiger partial charge is 0.463 e. The highest BCUT2D eigenvalue weighted by Crippen LogP contribution is 2.40. The van der Waals surface area contributed by atoms with Crippen molar-refractivity contribution in [2.45, 2.75) is 9.79 Å². The van der Waals surface area contributed by atoms with Gasteiger partial charge in [0.2, 0.25) is 0 Å². The fraction of sp³-hybridized carbons (Fsp3) is 0. The van der Waals surface area contributed by atoms with Crippen LogP contribution in [0.1, 0.15) is 5.76 Å². The highest BCUT2D eigenvalue weighted by Gasteiger charge is 2.47. The second-order valence-electron chi connectivity index (χ2n) is 5.78. The van der Waals surface area contributed by atoms with Crippen LogP contribution in [0.3, 0.4) is 0 Å². The van der Waals surface area contributed by atoms with E-state index in [4.69, 9.17) is 4.42 Å². The third kappa shape index (κ3) is 2.71. The van der Waals surface area contributed by atoms with E-state index in [2.05, 4.69) is 11.9 Å². The fourth-order valence-electron chi connectivity index (χ4n) is 2.81. The number of sulfonamides is 2. The molecule has 0 bridgehead atoms. The summed E-state index contributed by atoms with van der Waals surface area (Å²) in [7, 11) is -8.37. The molecule has 27 heavy (non-hydrogen) atoms. The van der Waals surface area contributed by atoms with Crippen LogP contribution in [0.2, 0.25) is 0 Å². The number of furan rings is 1. The van der Waals surface area contributed by atoms with Crippen molar-refractivity contribution in [3.05, 3.63) is 79.3 Å². The molecule has 0 unspecified atom stereocenters. The van der Waals surface area contributed by atoms with Gasteiger partial charge in [0.05, 0.1) is 17.6 Å². The summed E-state index contributed by atoms with van der Waals surface area (Å²) < 4.78 is 56.6. The molecule has 9 heteroatoms. The maximum atomic E-state index is 12.7. The molecule has 0 amide bonds. The Morgan fingerprint density at radius 2 is 1.44 bits per heavy atom. The van der Waals surface area contributed by atoms with Crippen molar-refractivity contribution in [3.8, 4) is 0 Å². The highest BCUT2D eigenvalue weighted by atomic mass is 32.3. The first-order valence-electron chi connectivity index (χ1n) is 7.81. The van der Waals surface area contributed by atoms with Crippen LogP contribution in [0.5, 0.6) is 0 Å². The van der Waals surface area contributed by atoms with E-state index in [1.54, 1.807) is 24.3 Å². The number of benzene rings is 2. The first kappa shape index (κ1) is 17.4. The molecule has 7 nitrogen and oxygen atoms in total. The standard InChI is InChI=1S/C18H14N2O5S2/c1-13(16-5-4-12-25-16)19-14-8-10-15(11-9-14)20-26(21,22)17-6-2-3-7-18(17)27(20,23)24/h2-12,19H,1H2. The van der Waals surface area contributed by atoms with E-state index in [1.807, 2.05) is 0 Å². The Morgan fingerprint density at radius 3 is 1.96 bits per heavy atom. The predicted octanol–water partition coefficient (Wildman–Crippen LogP) is 3.26. The van der Waals surface area contributed by atoms with Crippen LogP contribution in [0, 0.1) is 0 Å².